The number of ether oxygens (including phenoxy) is 1. The number of anilines is 3. The van der Waals surface area contributed by atoms with Crippen molar-refractivity contribution in [1.29, 1.82) is 0 Å². The van der Waals surface area contributed by atoms with Gasteiger partial charge in [0.1, 0.15) is 0 Å². The molecule has 45 heavy (non-hydrogen) atoms. The number of likely N-dealkylation sites (tertiary alicyclic amines) is 1. The number of urea groups is 1. The summed E-state index contributed by atoms with van der Waals surface area (Å²) >= 11 is 0. The number of fused-ring (bicyclic) bond motifs is 1. The molecule has 236 valence electrons. The molecule has 0 spiro atoms. The third-order valence-corrected chi connectivity index (χ3v) is 8.07. The minimum Gasteiger partial charge on any atom is -0.383 e. The molecular weight excluding hydrogens is 572 g/mol. The zero-order valence-electron chi connectivity index (χ0n) is 25.8. The van der Waals surface area contributed by atoms with Gasteiger partial charge in [0, 0.05) is 44.2 Å². The van der Waals surface area contributed by atoms with Gasteiger partial charge in [-0.05, 0) is 67.9 Å². The van der Waals surface area contributed by atoms with E-state index in [4.69, 9.17) is 4.74 Å². The van der Waals surface area contributed by atoms with E-state index >= 15 is 0 Å². The van der Waals surface area contributed by atoms with E-state index in [0.717, 1.165) is 31.5 Å². The predicted octanol–water partition coefficient (Wildman–Crippen LogP) is 4.49. The maximum atomic E-state index is 13.5. The summed E-state index contributed by atoms with van der Waals surface area (Å²) in [7, 11) is 1.53. The van der Waals surface area contributed by atoms with Crippen LogP contribution in [0.2, 0.25) is 0 Å². The number of aromatic nitrogens is 2. The zero-order valence-corrected chi connectivity index (χ0v) is 25.8. The molecule has 0 radical (unpaired) electrons. The molecular formula is C34H40N6O5. The third kappa shape index (κ3) is 7.86. The van der Waals surface area contributed by atoms with Gasteiger partial charge in [0.25, 0.3) is 5.56 Å². The lowest BCUT2D eigenvalue weighted by atomic mass is 10.1. The van der Waals surface area contributed by atoms with Crippen LogP contribution in [0.25, 0.3) is 10.9 Å². The average molecular weight is 613 g/mol. The van der Waals surface area contributed by atoms with Gasteiger partial charge in [-0.25, -0.2) is 9.59 Å². The Labute approximate surface area is 262 Å². The summed E-state index contributed by atoms with van der Waals surface area (Å²) in [5, 5.41) is 5.96. The third-order valence-electron chi connectivity index (χ3n) is 8.07. The lowest BCUT2D eigenvalue weighted by Crippen LogP contribution is -2.43. The number of nitrogens with one attached hydrogen (secondary N) is 2. The molecule has 0 aliphatic carbocycles. The molecule has 5 rings (SSSR count). The number of benzene rings is 3. The van der Waals surface area contributed by atoms with Crippen LogP contribution in [0.3, 0.4) is 0 Å². The first-order valence-corrected chi connectivity index (χ1v) is 15.3. The maximum Gasteiger partial charge on any atom is 0.331 e. The van der Waals surface area contributed by atoms with E-state index in [1.807, 2.05) is 36.4 Å². The fourth-order valence-corrected chi connectivity index (χ4v) is 5.72. The van der Waals surface area contributed by atoms with Crippen LogP contribution in [0.4, 0.5) is 21.9 Å². The smallest absolute Gasteiger partial charge is 0.331 e. The van der Waals surface area contributed by atoms with E-state index in [-0.39, 0.29) is 24.7 Å². The first-order chi connectivity index (χ1) is 21.8. The summed E-state index contributed by atoms with van der Waals surface area (Å²) in [4.78, 5) is 56.4. The molecule has 11 nitrogen and oxygen atoms in total. The van der Waals surface area contributed by atoms with E-state index in [2.05, 4.69) is 15.5 Å². The second-order valence-electron chi connectivity index (χ2n) is 11.2. The van der Waals surface area contributed by atoms with E-state index in [1.165, 1.54) is 25.0 Å². The van der Waals surface area contributed by atoms with Crippen molar-refractivity contribution < 1.29 is 14.3 Å². The van der Waals surface area contributed by atoms with Crippen LogP contribution in [0.15, 0.2) is 82.4 Å². The van der Waals surface area contributed by atoms with Gasteiger partial charge in [-0.3, -0.25) is 18.7 Å². The molecule has 1 aromatic heterocycles. The van der Waals surface area contributed by atoms with Gasteiger partial charge in [0.2, 0.25) is 5.91 Å². The first-order valence-electron chi connectivity index (χ1n) is 15.3. The van der Waals surface area contributed by atoms with Gasteiger partial charge in [0.05, 0.1) is 30.6 Å². The van der Waals surface area contributed by atoms with Crippen LogP contribution < -0.4 is 26.8 Å². The first kappa shape index (κ1) is 31.7. The number of piperidine rings is 1. The Morgan fingerprint density at radius 2 is 1.56 bits per heavy atom. The van der Waals surface area contributed by atoms with Gasteiger partial charge in [0.15, 0.2) is 0 Å². The molecule has 0 bridgehead atoms. The highest BCUT2D eigenvalue weighted by Crippen LogP contribution is 2.23. The minimum atomic E-state index is -0.512. The Balaban J connectivity index is 1.36. The molecule has 0 saturated carbocycles. The highest BCUT2D eigenvalue weighted by atomic mass is 16.5. The van der Waals surface area contributed by atoms with Crippen molar-refractivity contribution >= 4 is 39.9 Å². The number of carbonyl (C=O) groups is 2. The zero-order chi connectivity index (χ0) is 31.8. The van der Waals surface area contributed by atoms with Crippen molar-refractivity contribution in [2.75, 3.05) is 48.9 Å². The number of methoxy groups -OCH3 is 1. The number of rotatable bonds is 11. The topological polar surface area (TPSA) is 118 Å². The van der Waals surface area contributed by atoms with Crippen LogP contribution >= 0.6 is 0 Å². The number of amides is 3. The molecule has 2 heterocycles. The molecule has 0 atom stereocenters. The van der Waals surface area contributed by atoms with Crippen molar-refractivity contribution in [2.24, 2.45) is 0 Å². The largest absolute Gasteiger partial charge is 0.383 e. The van der Waals surface area contributed by atoms with E-state index in [1.54, 1.807) is 45.9 Å². The normalized spacial score (nSPS) is 13.5. The summed E-state index contributed by atoms with van der Waals surface area (Å²) in [5.41, 5.74) is 2.26. The van der Waals surface area contributed by atoms with Crippen molar-refractivity contribution in [3.8, 4) is 0 Å². The van der Waals surface area contributed by atoms with Crippen LogP contribution in [0.5, 0.6) is 0 Å². The Kier molecular flexibility index (Phi) is 10.4. The molecule has 1 aliphatic rings. The van der Waals surface area contributed by atoms with Crippen LogP contribution in [-0.4, -0.2) is 59.3 Å². The predicted molar refractivity (Wildman–Crippen MR) is 177 cm³/mol. The van der Waals surface area contributed by atoms with Crippen LogP contribution in [-0.2, 0) is 29.2 Å². The minimum absolute atomic E-state index is 0.123. The van der Waals surface area contributed by atoms with Gasteiger partial charge in [-0.1, -0.05) is 42.8 Å². The molecule has 1 fully saturated rings. The molecule has 2 N–H and O–H groups in total. The van der Waals surface area contributed by atoms with Crippen LogP contribution in [0, 0.1) is 0 Å². The lowest BCUT2D eigenvalue weighted by molar-refractivity contribution is -0.116. The highest BCUT2D eigenvalue weighted by molar-refractivity contribution is 6.01. The van der Waals surface area contributed by atoms with Gasteiger partial charge in [-0.15, -0.1) is 0 Å². The monoisotopic (exact) mass is 612 g/mol. The van der Waals surface area contributed by atoms with Crippen molar-refractivity contribution in [1.82, 2.24) is 14.0 Å². The number of nitrogens with zero attached hydrogens (tertiary/aromatic N) is 4. The Morgan fingerprint density at radius 3 is 2.27 bits per heavy atom. The second-order valence-corrected chi connectivity index (χ2v) is 11.2. The average Bonchev–Trinajstić information content (AvgIpc) is 3.04. The summed E-state index contributed by atoms with van der Waals surface area (Å²) in [6.45, 7) is 5.42. The molecule has 1 saturated heterocycles. The molecule has 3 aromatic carbocycles. The SMILES string of the molecule is COCCn1c(=O)c2cc(NC(=O)Nc3cccc(N(Cc4ccccc4)C(C)=O)c3)ccc2n(CCN2CCCCC2)c1=O. The van der Waals surface area contributed by atoms with E-state index < -0.39 is 11.6 Å². The molecule has 1 aliphatic heterocycles. The fourth-order valence-electron chi connectivity index (χ4n) is 5.72. The highest BCUT2D eigenvalue weighted by Gasteiger charge is 2.17. The standard InChI is InChI=1S/C34H40N6O5/c1-25(41)40(24-26-10-5-3-6-11-26)29-13-9-12-27(22-29)35-33(43)36-28-14-15-31-30(23-28)32(42)39(20-21-45-2)34(44)38(31)19-18-37-16-7-4-8-17-37/h3,5-6,9-15,22-23H,4,7-8,16-21,24H2,1-2H3,(H2,35,36,43). The van der Waals surface area contributed by atoms with Crippen molar-refractivity contribution in [3.05, 3.63) is 99.2 Å². The van der Waals surface area contributed by atoms with Crippen LogP contribution in [0.1, 0.15) is 31.7 Å². The molecule has 4 aromatic rings. The lowest BCUT2D eigenvalue weighted by Gasteiger charge is -2.27. The second kappa shape index (κ2) is 14.8. The quantitative estimate of drug-likeness (QED) is 0.258. The summed E-state index contributed by atoms with van der Waals surface area (Å²) < 4.78 is 8.01. The molecule has 0 unspecified atom stereocenters. The molecule has 11 heteroatoms. The Bertz CT molecular complexity index is 1760. The van der Waals surface area contributed by atoms with E-state index in [9.17, 15) is 19.2 Å². The van der Waals surface area contributed by atoms with Gasteiger partial charge < -0.3 is 25.2 Å². The van der Waals surface area contributed by atoms with Gasteiger partial charge >= 0.3 is 11.7 Å². The fraction of sp³-hybridized carbons (Fsp3) is 0.353. The maximum absolute atomic E-state index is 13.5. The summed E-state index contributed by atoms with van der Waals surface area (Å²) in [6, 6.07) is 21.2. The summed E-state index contributed by atoms with van der Waals surface area (Å²) in [6.07, 6.45) is 3.52. The number of hydrogen-bond donors (Lipinski definition) is 2. The number of hydrogen-bond acceptors (Lipinski definition) is 6. The van der Waals surface area contributed by atoms with Crippen molar-refractivity contribution in [3.63, 3.8) is 0 Å². The Morgan fingerprint density at radius 1 is 0.822 bits per heavy atom. The number of carbonyl (C=O) groups excluding carboxylic acids is 2. The van der Waals surface area contributed by atoms with Crippen molar-refractivity contribution in [2.45, 2.75) is 45.8 Å². The Hall–Kier alpha value is -4.74. The van der Waals surface area contributed by atoms with E-state index in [0.29, 0.717) is 47.6 Å². The molecule has 3 amide bonds. The summed E-state index contributed by atoms with van der Waals surface area (Å²) in [5.74, 6) is -0.123. The van der Waals surface area contributed by atoms with Gasteiger partial charge in [-0.2, -0.15) is 0 Å².